The molecule has 2 aromatic carbocycles. The zero-order valence-corrected chi connectivity index (χ0v) is 22.9. The van der Waals surface area contributed by atoms with Crippen LogP contribution in [0, 0.1) is 12.7 Å². The lowest BCUT2D eigenvalue weighted by Gasteiger charge is -2.27. The lowest BCUT2D eigenvalue weighted by molar-refractivity contribution is -0.137. The molecule has 0 saturated carbocycles. The molecular weight excluding hydrogens is 532 g/mol. The predicted octanol–water partition coefficient (Wildman–Crippen LogP) is 4.40. The number of amides is 3. The van der Waals surface area contributed by atoms with Crippen LogP contribution in [0.3, 0.4) is 0 Å². The molecule has 0 radical (unpaired) electrons. The summed E-state index contributed by atoms with van der Waals surface area (Å²) in [6.07, 6.45) is -4.74. The van der Waals surface area contributed by atoms with Crippen molar-refractivity contribution < 1.29 is 36.7 Å². The van der Waals surface area contributed by atoms with E-state index in [0.29, 0.717) is 24.7 Å². The number of anilines is 1. The number of hydrogen-bond donors (Lipinski definition) is 2. The van der Waals surface area contributed by atoms with Crippen molar-refractivity contribution in [2.45, 2.75) is 58.5 Å². The second-order valence-corrected chi connectivity index (χ2v) is 10.8. The number of carbonyl (C=O) groups excluding carboxylic acids is 3. The fourth-order valence-electron chi connectivity index (χ4n) is 4.18. The number of ether oxygens (including phenoxy) is 1. The third kappa shape index (κ3) is 9.42. The molecular formula is C28H34F4N4O4. The van der Waals surface area contributed by atoms with Crippen molar-refractivity contribution >= 4 is 23.6 Å². The number of halogens is 4. The first kappa shape index (κ1) is 30.7. The molecule has 40 heavy (non-hydrogen) atoms. The number of nitrogens with zero attached hydrogens (tertiary/aromatic N) is 2. The maximum Gasteiger partial charge on any atom is 0.416 e. The molecule has 8 nitrogen and oxygen atoms in total. The van der Waals surface area contributed by atoms with E-state index in [2.05, 4.69) is 10.6 Å². The maximum absolute atomic E-state index is 13.7. The average Bonchev–Trinajstić information content (AvgIpc) is 3.29. The number of carbonyl (C=O) groups is 3. The number of nitrogens with one attached hydrogen (secondary N) is 2. The van der Waals surface area contributed by atoms with E-state index in [1.807, 2.05) is 19.1 Å². The fraction of sp³-hybridized carbons (Fsp3) is 0.464. The van der Waals surface area contributed by atoms with Crippen molar-refractivity contribution in [3.8, 4) is 0 Å². The summed E-state index contributed by atoms with van der Waals surface area (Å²) >= 11 is 0. The Labute approximate surface area is 230 Å². The van der Waals surface area contributed by atoms with Gasteiger partial charge in [0.1, 0.15) is 11.4 Å². The molecule has 1 fully saturated rings. The Bertz CT molecular complexity index is 1210. The largest absolute Gasteiger partial charge is 0.444 e. The van der Waals surface area contributed by atoms with Gasteiger partial charge < -0.3 is 25.2 Å². The Morgan fingerprint density at radius 1 is 1.05 bits per heavy atom. The van der Waals surface area contributed by atoms with E-state index in [-0.39, 0.29) is 43.7 Å². The summed E-state index contributed by atoms with van der Waals surface area (Å²) in [5.74, 6) is -1.88. The van der Waals surface area contributed by atoms with Gasteiger partial charge in [-0.05, 0) is 70.0 Å². The van der Waals surface area contributed by atoms with Crippen molar-refractivity contribution in [3.63, 3.8) is 0 Å². The van der Waals surface area contributed by atoms with E-state index >= 15 is 0 Å². The van der Waals surface area contributed by atoms with Crippen LogP contribution in [0.1, 0.15) is 43.9 Å². The van der Waals surface area contributed by atoms with Crippen LogP contribution >= 0.6 is 0 Å². The summed E-state index contributed by atoms with van der Waals surface area (Å²) in [4.78, 5) is 41.1. The molecule has 2 N–H and O–H groups in total. The highest BCUT2D eigenvalue weighted by Crippen LogP contribution is 2.30. The SMILES string of the molecule is Cc1ccc(N(CC(=O)NCc2cc(F)cc(C(F)(F)F)c2)CC(=O)N2CCC(NC(=O)OC(C)(C)C)C2)cc1. The Morgan fingerprint density at radius 2 is 1.73 bits per heavy atom. The lowest BCUT2D eigenvalue weighted by atomic mass is 10.1. The Hall–Kier alpha value is -3.83. The Balaban J connectivity index is 1.63. The minimum Gasteiger partial charge on any atom is -0.444 e. The van der Waals surface area contributed by atoms with Gasteiger partial charge in [0.15, 0.2) is 0 Å². The van der Waals surface area contributed by atoms with Crippen LogP contribution in [0.25, 0.3) is 0 Å². The molecule has 3 rings (SSSR count). The van der Waals surface area contributed by atoms with E-state index < -0.39 is 35.2 Å². The highest BCUT2D eigenvalue weighted by molar-refractivity contribution is 5.86. The number of hydrogen-bond acceptors (Lipinski definition) is 5. The molecule has 1 atom stereocenters. The second kappa shape index (κ2) is 12.6. The molecule has 0 spiro atoms. The minimum absolute atomic E-state index is 0.0424. The van der Waals surface area contributed by atoms with Gasteiger partial charge in [0.25, 0.3) is 0 Å². The summed E-state index contributed by atoms with van der Waals surface area (Å²) in [5.41, 5.74) is -0.265. The first-order chi connectivity index (χ1) is 18.6. The first-order valence-corrected chi connectivity index (χ1v) is 12.8. The predicted molar refractivity (Wildman–Crippen MR) is 141 cm³/mol. The van der Waals surface area contributed by atoms with Crippen molar-refractivity contribution in [2.24, 2.45) is 0 Å². The second-order valence-electron chi connectivity index (χ2n) is 10.8. The smallest absolute Gasteiger partial charge is 0.416 e. The third-order valence-electron chi connectivity index (χ3n) is 6.10. The van der Waals surface area contributed by atoms with Crippen LogP contribution in [0.4, 0.5) is 28.0 Å². The third-order valence-corrected chi connectivity index (χ3v) is 6.10. The number of rotatable bonds is 8. The number of aryl methyl sites for hydroxylation is 1. The summed E-state index contributed by atoms with van der Waals surface area (Å²) in [7, 11) is 0. The molecule has 12 heteroatoms. The number of alkyl carbamates (subject to hydrolysis) is 1. The van der Waals surface area contributed by atoms with Gasteiger partial charge in [0, 0.05) is 25.3 Å². The molecule has 2 aromatic rings. The van der Waals surface area contributed by atoms with Crippen molar-refractivity contribution in [3.05, 3.63) is 65.0 Å². The van der Waals surface area contributed by atoms with E-state index in [1.165, 1.54) is 0 Å². The topological polar surface area (TPSA) is 91.0 Å². The average molecular weight is 567 g/mol. The standard InChI is InChI=1S/C28H34F4N4O4/c1-18-5-7-23(8-6-18)36(16-24(37)33-14-19-11-20(28(30,31)32)13-21(29)12-19)17-25(38)35-10-9-22(15-35)34-26(39)40-27(2,3)4/h5-8,11-13,22H,9-10,14-17H2,1-4H3,(H,33,37)(H,34,39). The van der Waals surface area contributed by atoms with E-state index in [1.54, 1.807) is 42.7 Å². The van der Waals surface area contributed by atoms with Gasteiger partial charge in [0.05, 0.1) is 24.7 Å². The van der Waals surface area contributed by atoms with Gasteiger partial charge >= 0.3 is 12.3 Å². The summed E-state index contributed by atoms with van der Waals surface area (Å²) < 4.78 is 58.0. The minimum atomic E-state index is -4.72. The van der Waals surface area contributed by atoms with Crippen LogP contribution in [-0.2, 0) is 27.0 Å². The normalized spacial score (nSPS) is 15.5. The van der Waals surface area contributed by atoms with Crippen molar-refractivity contribution in [2.75, 3.05) is 31.1 Å². The van der Waals surface area contributed by atoms with Gasteiger partial charge in [-0.1, -0.05) is 17.7 Å². The summed E-state index contributed by atoms with van der Waals surface area (Å²) in [6.45, 7) is 7.13. The maximum atomic E-state index is 13.7. The highest BCUT2D eigenvalue weighted by atomic mass is 19.4. The molecule has 0 bridgehead atoms. The lowest BCUT2D eigenvalue weighted by Crippen LogP contribution is -2.45. The van der Waals surface area contributed by atoms with Crippen LogP contribution < -0.4 is 15.5 Å². The monoisotopic (exact) mass is 566 g/mol. The van der Waals surface area contributed by atoms with Crippen molar-refractivity contribution in [1.82, 2.24) is 15.5 Å². The zero-order chi connectivity index (χ0) is 29.7. The fourth-order valence-corrected chi connectivity index (χ4v) is 4.18. The molecule has 1 saturated heterocycles. The van der Waals surface area contributed by atoms with Gasteiger partial charge in [-0.2, -0.15) is 13.2 Å². The van der Waals surface area contributed by atoms with Gasteiger partial charge in [-0.3, -0.25) is 9.59 Å². The van der Waals surface area contributed by atoms with E-state index in [4.69, 9.17) is 4.74 Å². The molecule has 0 aliphatic carbocycles. The number of likely N-dealkylation sites (tertiary alicyclic amines) is 1. The van der Waals surface area contributed by atoms with Gasteiger partial charge in [-0.15, -0.1) is 0 Å². The first-order valence-electron chi connectivity index (χ1n) is 12.8. The van der Waals surface area contributed by atoms with Crippen LogP contribution in [0.5, 0.6) is 0 Å². The highest BCUT2D eigenvalue weighted by Gasteiger charge is 2.32. The quantitative estimate of drug-likeness (QED) is 0.463. The van der Waals surface area contributed by atoms with Gasteiger partial charge in [0.2, 0.25) is 11.8 Å². The molecule has 3 amide bonds. The molecule has 1 aliphatic heterocycles. The van der Waals surface area contributed by atoms with Crippen LogP contribution in [-0.4, -0.2) is 60.6 Å². The van der Waals surface area contributed by atoms with Crippen LogP contribution in [0.15, 0.2) is 42.5 Å². The van der Waals surface area contributed by atoms with E-state index in [9.17, 15) is 31.9 Å². The Kier molecular flexibility index (Phi) is 9.65. The molecule has 1 aliphatic rings. The Morgan fingerprint density at radius 3 is 2.35 bits per heavy atom. The molecule has 1 heterocycles. The van der Waals surface area contributed by atoms with Crippen LogP contribution in [0.2, 0.25) is 0 Å². The van der Waals surface area contributed by atoms with E-state index in [0.717, 1.165) is 17.7 Å². The molecule has 218 valence electrons. The number of alkyl halides is 3. The summed E-state index contributed by atoms with van der Waals surface area (Å²) in [6, 6.07) is 8.99. The zero-order valence-electron chi connectivity index (χ0n) is 22.9. The number of benzene rings is 2. The molecule has 1 unspecified atom stereocenters. The van der Waals surface area contributed by atoms with Gasteiger partial charge in [-0.25, -0.2) is 9.18 Å². The molecule has 0 aromatic heterocycles. The summed E-state index contributed by atoms with van der Waals surface area (Å²) in [5, 5.41) is 5.27. The van der Waals surface area contributed by atoms with Crippen molar-refractivity contribution in [1.29, 1.82) is 0 Å².